The van der Waals surface area contributed by atoms with Crippen LogP contribution in [-0.2, 0) is 0 Å². The first kappa shape index (κ1) is 9.37. The minimum absolute atomic E-state index is 0.0810. The Labute approximate surface area is 90.2 Å². The van der Waals surface area contributed by atoms with Gasteiger partial charge in [0.25, 0.3) is 0 Å². The molecule has 14 heavy (non-hydrogen) atoms. The van der Waals surface area contributed by atoms with Crippen LogP contribution < -0.4 is 0 Å². The number of halogens is 1. The zero-order valence-electron chi connectivity index (χ0n) is 7.11. The van der Waals surface area contributed by atoms with Crippen molar-refractivity contribution in [2.75, 3.05) is 0 Å². The maximum atomic E-state index is 11.7. The molecule has 0 saturated heterocycles. The van der Waals surface area contributed by atoms with Crippen LogP contribution in [0.2, 0.25) is 4.34 Å². The van der Waals surface area contributed by atoms with Crippen molar-refractivity contribution in [3.63, 3.8) is 0 Å². The van der Waals surface area contributed by atoms with E-state index < -0.39 is 0 Å². The largest absolute Gasteiger partial charge is 0.286 e. The van der Waals surface area contributed by atoms with Crippen LogP contribution in [0.4, 0.5) is 0 Å². The van der Waals surface area contributed by atoms with Crippen molar-refractivity contribution in [3.05, 3.63) is 51.4 Å². The van der Waals surface area contributed by atoms with Crippen LogP contribution in [0.3, 0.4) is 0 Å². The lowest BCUT2D eigenvalue weighted by atomic mass is 10.1. The first-order chi connectivity index (χ1) is 6.77. The number of hydrogen-bond acceptors (Lipinski definition) is 3. The lowest BCUT2D eigenvalue weighted by Gasteiger charge is -1.94. The first-order valence-corrected chi connectivity index (χ1v) is 5.18. The number of benzene rings is 1. The van der Waals surface area contributed by atoms with Gasteiger partial charge in [-0.3, -0.25) is 4.79 Å². The highest BCUT2D eigenvalue weighted by molar-refractivity contribution is 7.17. The van der Waals surface area contributed by atoms with Crippen molar-refractivity contribution in [2.24, 2.45) is 0 Å². The fourth-order valence-corrected chi connectivity index (χ4v) is 1.95. The highest BCUT2D eigenvalue weighted by atomic mass is 35.5. The summed E-state index contributed by atoms with van der Waals surface area (Å²) in [5.74, 6) is -0.0810. The van der Waals surface area contributed by atoms with E-state index in [4.69, 9.17) is 11.6 Å². The first-order valence-electron chi connectivity index (χ1n) is 3.98. The summed E-state index contributed by atoms with van der Waals surface area (Å²) in [5.41, 5.74) is 0.638. The molecule has 0 atom stereocenters. The van der Waals surface area contributed by atoms with E-state index in [1.807, 2.05) is 18.2 Å². The van der Waals surface area contributed by atoms with Crippen molar-refractivity contribution in [1.29, 1.82) is 0 Å². The Kier molecular flexibility index (Phi) is 2.61. The summed E-state index contributed by atoms with van der Waals surface area (Å²) in [6, 6.07) is 9.03. The molecule has 4 heteroatoms. The number of nitrogens with zero attached hydrogens (tertiary/aromatic N) is 1. The van der Waals surface area contributed by atoms with Gasteiger partial charge in [-0.1, -0.05) is 53.3 Å². The Morgan fingerprint density at radius 3 is 2.57 bits per heavy atom. The van der Waals surface area contributed by atoms with Crippen molar-refractivity contribution in [2.45, 2.75) is 0 Å². The predicted octanol–water partition coefficient (Wildman–Crippen LogP) is 3.03. The van der Waals surface area contributed by atoms with Crippen LogP contribution >= 0.6 is 22.9 Å². The van der Waals surface area contributed by atoms with Crippen LogP contribution in [0.1, 0.15) is 15.4 Å². The predicted molar refractivity (Wildman–Crippen MR) is 57.0 cm³/mol. The number of hydrogen-bond donors (Lipinski definition) is 0. The summed E-state index contributed by atoms with van der Waals surface area (Å²) in [6.07, 6.45) is 1.49. The second-order valence-electron chi connectivity index (χ2n) is 2.66. The summed E-state index contributed by atoms with van der Waals surface area (Å²) in [5, 5.41) is 0.432. The summed E-state index contributed by atoms with van der Waals surface area (Å²) in [7, 11) is 0. The van der Waals surface area contributed by atoms with Gasteiger partial charge < -0.3 is 0 Å². The molecule has 2 nitrogen and oxygen atoms in total. The number of thiazole rings is 1. The van der Waals surface area contributed by atoms with Gasteiger partial charge in [0.15, 0.2) is 5.01 Å². The van der Waals surface area contributed by atoms with Gasteiger partial charge in [0.2, 0.25) is 5.78 Å². The summed E-state index contributed by atoms with van der Waals surface area (Å²) < 4.78 is 0.532. The molecule has 1 heterocycles. The van der Waals surface area contributed by atoms with E-state index in [1.54, 1.807) is 12.1 Å². The van der Waals surface area contributed by atoms with Crippen LogP contribution in [0.5, 0.6) is 0 Å². The Morgan fingerprint density at radius 2 is 2.00 bits per heavy atom. The van der Waals surface area contributed by atoms with E-state index in [1.165, 1.54) is 17.5 Å². The molecule has 2 aromatic rings. The molecule has 0 N–H and O–H groups in total. The van der Waals surface area contributed by atoms with Gasteiger partial charge in [-0.25, -0.2) is 4.98 Å². The average Bonchev–Trinajstić information content (AvgIpc) is 2.65. The maximum absolute atomic E-state index is 11.7. The molecule has 0 unspecified atom stereocenters. The molecule has 0 radical (unpaired) electrons. The molecule has 0 fully saturated rings. The van der Waals surface area contributed by atoms with E-state index in [0.717, 1.165) is 0 Å². The molecular weight excluding hydrogens is 218 g/mol. The smallest absolute Gasteiger partial charge is 0.221 e. The van der Waals surface area contributed by atoms with E-state index in [0.29, 0.717) is 14.9 Å². The zero-order valence-corrected chi connectivity index (χ0v) is 8.68. The fourth-order valence-electron chi connectivity index (χ4n) is 1.07. The second kappa shape index (κ2) is 3.90. The van der Waals surface area contributed by atoms with Gasteiger partial charge in [-0.15, -0.1) is 0 Å². The van der Waals surface area contributed by atoms with Gasteiger partial charge in [-0.2, -0.15) is 0 Å². The maximum Gasteiger partial charge on any atom is 0.221 e. The lowest BCUT2D eigenvalue weighted by molar-refractivity contribution is 0.103. The minimum Gasteiger partial charge on any atom is -0.286 e. The molecule has 0 spiro atoms. The molecule has 1 aromatic heterocycles. The van der Waals surface area contributed by atoms with Crippen molar-refractivity contribution in [3.8, 4) is 0 Å². The Morgan fingerprint density at radius 1 is 1.29 bits per heavy atom. The minimum atomic E-state index is -0.0810. The second-order valence-corrected chi connectivity index (χ2v) is 4.33. The van der Waals surface area contributed by atoms with Crippen molar-refractivity contribution in [1.82, 2.24) is 4.98 Å². The van der Waals surface area contributed by atoms with Crippen molar-refractivity contribution < 1.29 is 4.79 Å². The van der Waals surface area contributed by atoms with Gasteiger partial charge >= 0.3 is 0 Å². The normalized spacial score (nSPS) is 10.1. The Balaban J connectivity index is 2.34. The molecule has 0 aliphatic rings. The summed E-state index contributed by atoms with van der Waals surface area (Å²) in [6.45, 7) is 0. The number of ketones is 1. The zero-order chi connectivity index (χ0) is 9.97. The van der Waals surface area contributed by atoms with Gasteiger partial charge in [0.1, 0.15) is 4.34 Å². The molecule has 0 saturated carbocycles. The third-order valence-corrected chi connectivity index (χ3v) is 2.82. The van der Waals surface area contributed by atoms with Crippen LogP contribution in [0.15, 0.2) is 36.5 Å². The molecule has 0 aliphatic heterocycles. The highest BCUT2D eigenvalue weighted by Crippen LogP contribution is 2.20. The quantitative estimate of drug-likeness (QED) is 0.733. The van der Waals surface area contributed by atoms with E-state index >= 15 is 0 Å². The van der Waals surface area contributed by atoms with Gasteiger partial charge in [-0.05, 0) is 0 Å². The number of rotatable bonds is 2. The van der Waals surface area contributed by atoms with Crippen LogP contribution in [-0.4, -0.2) is 10.8 Å². The molecule has 2 rings (SSSR count). The van der Waals surface area contributed by atoms with E-state index in [2.05, 4.69) is 4.98 Å². The summed E-state index contributed by atoms with van der Waals surface area (Å²) >= 11 is 6.89. The molecule has 70 valence electrons. The topological polar surface area (TPSA) is 30.0 Å². The third-order valence-electron chi connectivity index (χ3n) is 1.71. The monoisotopic (exact) mass is 223 g/mol. The SMILES string of the molecule is O=C(c1ccccc1)c1ncc(Cl)s1. The summed E-state index contributed by atoms with van der Waals surface area (Å²) in [4.78, 5) is 15.7. The lowest BCUT2D eigenvalue weighted by Crippen LogP contribution is -1.99. The Bertz CT molecular complexity index is 452. The van der Waals surface area contributed by atoms with Crippen LogP contribution in [0.25, 0.3) is 0 Å². The molecular formula is C10H6ClNOS. The molecule has 0 aliphatic carbocycles. The van der Waals surface area contributed by atoms with Gasteiger partial charge in [0.05, 0.1) is 6.20 Å². The third kappa shape index (κ3) is 1.84. The van der Waals surface area contributed by atoms with E-state index in [-0.39, 0.29) is 5.78 Å². The average molecular weight is 224 g/mol. The van der Waals surface area contributed by atoms with Crippen LogP contribution in [0, 0.1) is 0 Å². The molecule has 0 bridgehead atoms. The van der Waals surface area contributed by atoms with E-state index in [9.17, 15) is 4.79 Å². The fraction of sp³-hybridized carbons (Fsp3) is 0. The van der Waals surface area contributed by atoms with Crippen molar-refractivity contribution >= 4 is 28.7 Å². The highest BCUT2D eigenvalue weighted by Gasteiger charge is 2.12. The number of aromatic nitrogens is 1. The standard InChI is InChI=1S/C10H6ClNOS/c11-8-6-12-10(14-8)9(13)7-4-2-1-3-5-7/h1-6H. The molecule has 1 aromatic carbocycles. The number of carbonyl (C=O) groups is 1. The van der Waals surface area contributed by atoms with Gasteiger partial charge in [0, 0.05) is 5.56 Å². The Hall–Kier alpha value is -1.19. The number of carbonyl (C=O) groups excluding carboxylic acids is 1. The molecule has 0 amide bonds.